The highest BCUT2D eigenvalue weighted by atomic mass is 35.5. The first-order valence-electron chi connectivity index (χ1n) is 4.21. The maximum Gasteiger partial charge on any atom is 0.345 e. The number of halogens is 1. The molecule has 5 nitrogen and oxygen atoms in total. The second-order valence-electron chi connectivity index (χ2n) is 2.93. The summed E-state index contributed by atoms with van der Waals surface area (Å²) < 4.78 is 6.62. The van der Waals surface area contributed by atoms with Crippen LogP contribution >= 0.6 is 11.6 Å². The van der Waals surface area contributed by atoms with Crippen molar-refractivity contribution in [3.8, 4) is 11.8 Å². The number of hydrogen-bond donors (Lipinski definition) is 1. The average molecular weight is 226 g/mol. The Morgan fingerprint density at radius 3 is 2.60 bits per heavy atom. The number of aromatic nitrogens is 3. The molecule has 1 aromatic carbocycles. The summed E-state index contributed by atoms with van der Waals surface area (Å²) in [5.41, 5.74) is -0.320. The van der Waals surface area contributed by atoms with Gasteiger partial charge in [0.1, 0.15) is 5.75 Å². The monoisotopic (exact) mass is 225 g/mol. The molecular formula is C9H8ClN3O2. The van der Waals surface area contributed by atoms with Crippen LogP contribution in [0, 0.1) is 0 Å². The normalized spacial score (nSPS) is 10.3. The van der Waals surface area contributed by atoms with E-state index in [0.29, 0.717) is 10.8 Å². The van der Waals surface area contributed by atoms with Gasteiger partial charge in [0.25, 0.3) is 0 Å². The molecule has 0 fully saturated rings. The summed E-state index contributed by atoms with van der Waals surface area (Å²) in [6.45, 7) is 0. The lowest BCUT2D eigenvalue weighted by Gasteiger charge is -2.02. The maximum atomic E-state index is 11.0. The molecular weight excluding hydrogens is 218 g/mol. The van der Waals surface area contributed by atoms with Crippen molar-refractivity contribution < 1.29 is 4.74 Å². The standard InChI is InChI=1S/C9H8ClN3O2/c1-13-8(14)11-12-9(13)15-7-4-2-6(10)3-5-7/h2-5H,1H3,(H,11,14). The molecule has 0 radical (unpaired) electrons. The fraction of sp³-hybridized carbons (Fsp3) is 0.111. The van der Waals surface area contributed by atoms with Crippen LogP contribution in [-0.2, 0) is 7.05 Å². The number of hydrogen-bond acceptors (Lipinski definition) is 3. The molecule has 0 aliphatic rings. The highest BCUT2D eigenvalue weighted by Gasteiger charge is 2.05. The number of aromatic amines is 1. The predicted molar refractivity (Wildman–Crippen MR) is 55.4 cm³/mol. The minimum atomic E-state index is -0.320. The Labute approximate surface area is 90.3 Å². The number of nitrogens with zero attached hydrogens (tertiary/aromatic N) is 2. The van der Waals surface area contributed by atoms with Gasteiger partial charge in [-0.2, -0.15) is 0 Å². The first-order chi connectivity index (χ1) is 7.16. The summed E-state index contributed by atoms with van der Waals surface area (Å²) in [6, 6.07) is 6.99. The maximum absolute atomic E-state index is 11.0. The molecule has 0 unspecified atom stereocenters. The van der Waals surface area contributed by atoms with Crippen LogP contribution in [0.15, 0.2) is 29.1 Å². The molecule has 0 atom stereocenters. The third-order valence-electron chi connectivity index (χ3n) is 1.86. The van der Waals surface area contributed by atoms with Crippen LogP contribution in [0.25, 0.3) is 0 Å². The Hall–Kier alpha value is -1.75. The molecule has 6 heteroatoms. The van der Waals surface area contributed by atoms with Crippen molar-refractivity contribution in [1.82, 2.24) is 14.8 Å². The number of ether oxygens (including phenoxy) is 1. The Bertz CT molecular complexity index is 515. The highest BCUT2D eigenvalue weighted by molar-refractivity contribution is 6.30. The lowest BCUT2D eigenvalue weighted by molar-refractivity contribution is 0.421. The lowest BCUT2D eigenvalue weighted by Crippen LogP contribution is -2.12. The summed E-state index contributed by atoms with van der Waals surface area (Å²) in [7, 11) is 1.57. The largest absolute Gasteiger partial charge is 0.424 e. The van der Waals surface area contributed by atoms with Crippen LogP contribution < -0.4 is 10.4 Å². The first kappa shape index (κ1) is 9.79. The lowest BCUT2D eigenvalue weighted by atomic mass is 10.3. The molecule has 1 N–H and O–H groups in total. The molecule has 0 amide bonds. The van der Waals surface area contributed by atoms with Crippen LogP contribution in [0.3, 0.4) is 0 Å². The summed E-state index contributed by atoms with van der Waals surface area (Å²) >= 11 is 5.72. The molecule has 0 saturated carbocycles. The SMILES string of the molecule is Cn1c(Oc2ccc(Cl)cc2)n[nH]c1=O. The average Bonchev–Trinajstić information content (AvgIpc) is 2.53. The summed E-state index contributed by atoms with van der Waals surface area (Å²) in [4.78, 5) is 11.0. The molecule has 1 heterocycles. The Morgan fingerprint density at radius 1 is 1.40 bits per heavy atom. The van der Waals surface area contributed by atoms with Gasteiger partial charge in [-0.3, -0.25) is 0 Å². The minimum Gasteiger partial charge on any atom is -0.424 e. The molecule has 15 heavy (non-hydrogen) atoms. The Kier molecular flexibility index (Phi) is 2.47. The van der Waals surface area contributed by atoms with Gasteiger partial charge >= 0.3 is 11.7 Å². The van der Waals surface area contributed by atoms with Crippen molar-refractivity contribution in [2.45, 2.75) is 0 Å². The van der Waals surface area contributed by atoms with Gasteiger partial charge in [-0.1, -0.05) is 11.6 Å². The third kappa shape index (κ3) is 2.02. The second-order valence-corrected chi connectivity index (χ2v) is 3.36. The molecule has 2 aromatic rings. The van der Waals surface area contributed by atoms with Crippen molar-refractivity contribution in [2.75, 3.05) is 0 Å². The van der Waals surface area contributed by atoms with E-state index in [9.17, 15) is 4.79 Å². The molecule has 0 aliphatic heterocycles. The van der Waals surface area contributed by atoms with E-state index < -0.39 is 0 Å². The van der Waals surface area contributed by atoms with E-state index in [1.54, 1.807) is 31.3 Å². The third-order valence-corrected chi connectivity index (χ3v) is 2.11. The van der Waals surface area contributed by atoms with Gasteiger partial charge in [0.15, 0.2) is 0 Å². The zero-order chi connectivity index (χ0) is 10.8. The minimum absolute atomic E-state index is 0.210. The van der Waals surface area contributed by atoms with Crippen LogP contribution in [0.1, 0.15) is 0 Å². The van der Waals surface area contributed by atoms with Crippen LogP contribution in [0.4, 0.5) is 0 Å². The Morgan fingerprint density at radius 2 is 2.07 bits per heavy atom. The van der Waals surface area contributed by atoms with E-state index in [2.05, 4.69) is 10.2 Å². The molecule has 1 aromatic heterocycles. The van der Waals surface area contributed by atoms with Crippen LogP contribution in [0.2, 0.25) is 5.02 Å². The molecule has 0 saturated heterocycles. The topological polar surface area (TPSA) is 59.9 Å². The van der Waals surface area contributed by atoms with E-state index >= 15 is 0 Å². The van der Waals surface area contributed by atoms with Crippen molar-refractivity contribution in [2.24, 2.45) is 7.05 Å². The van der Waals surface area contributed by atoms with E-state index in [-0.39, 0.29) is 11.7 Å². The van der Waals surface area contributed by atoms with Crippen molar-refractivity contribution >= 4 is 11.6 Å². The summed E-state index contributed by atoms with van der Waals surface area (Å²) in [5, 5.41) is 6.60. The summed E-state index contributed by atoms with van der Waals surface area (Å²) in [6.07, 6.45) is 0. The van der Waals surface area contributed by atoms with E-state index in [1.807, 2.05) is 0 Å². The molecule has 0 bridgehead atoms. The molecule has 78 valence electrons. The fourth-order valence-corrected chi connectivity index (χ4v) is 1.16. The van der Waals surface area contributed by atoms with Gasteiger partial charge in [0.05, 0.1) is 0 Å². The van der Waals surface area contributed by atoms with Gasteiger partial charge < -0.3 is 4.74 Å². The van der Waals surface area contributed by atoms with Crippen molar-refractivity contribution in [3.05, 3.63) is 39.8 Å². The molecule has 0 spiro atoms. The van der Waals surface area contributed by atoms with E-state index in [0.717, 1.165) is 0 Å². The van der Waals surface area contributed by atoms with Crippen molar-refractivity contribution in [3.63, 3.8) is 0 Å². The van der Waals surface area contributed by atoms with Gasteiger partial charge in [-0.05, 0) is 24.3 Å². The zero-order valence-corrected chi connectivity index (χ0v) is 8.65. The smallest absolute Gasteiger partial charge is 0.345 e. The molecule has 2 rings (SSSR count). The number of H-pyrrole nitrogens is 1. The predicted octanol–water partition coefficient (Wildman–Crippen LogP) is 1.55. The summed E-state index contributed by atoms with van der Waals surface area (Å²) in [5.74, 6) is 0.571. The van der Waals surface area contributed by atoms with Gasteiger partial charge in [0, 0.05) is 12.1 Å². The quantitative estimate of drug-likeness (QED) is 0.844. The van der Waals surface area contributed by atoms with Gasteiger partial charge in [-0.25, -0.2) is 14.5 Å². The van der Waals surface area contributed by atoms with Crippen LogP contribution in [0.5, 0.6) is 11.8 Å². The number of benzene rings is 1. The Balaban J connectivity index is 2.26. The van der Waals surface area contributed by atoms with E-state index in [4.69, 9.17) is 16.3 Å². The van der Waals surface area contributed by atoms with Gasteiger partial charge in [-0.15, -0.1) is 5.10 Å². The fourth-order valence-electron chi connectivity index (χ4n) is 1.03. The van der Waals surface area contributed by atoms with Gasteiger partial charge in [0.2, 0.25) is 0 Å². The molecule has 0 aliphatic carbocycles. The van der Waals surface area contributed by atoms with Crippen LogP contribution in [-0.4, -0.2) is 14.8 Å². The number of nitrogens with one attached hydrogen (secondary N) is 1. The zero-order valence-electron chi connectivity index (χ0n) is 7.90. The van der Waals surface area contributed by atoms with E-state index in [1.165, 1.54) is 4.57 Å². The first-order valence-corrected chi connectivity index (χ1v) is 4.59. The second kappa shape index (κ2) is 3.78. The van der Waals surface area contributed by atoms with Crippen molar-refractivity contribution in [1.29, 1.82) is 0 Å². The number of rotatable bonds is 2. The highest BCUT2D eigenvalue weighted by Crippen LogP contribution is 2.19.